The minimum Gasteiger partial charge on any atom is -0.508 e. The van der Waals surface area contributed by atoms with E-state index < -0.39 is 24.0 Å². The second kappa shape index (κ2) is 9.67. The maximum absolute atomic E-state index is 12.6. The zero-order valence-corrected chi connectivity index (χ0v) is 18.0. The molecule has 0 unspecified atom stereocenters. The molecule has 0 fully saturated rings. The van der Waals surface area contributed by atoms with Gasteiger partial charge >= 0.3 is 6.09 Å². The SMILES string of the molecule is C[C@@H](/C=C/C(=O)NO)[C@@H](OC(=O)Nc1ccc2c(c1)OCO2)c1cc(I)ccc1O. The summed E-state index contributed by atoms with van der Waals surface area (Å²) in [6.07, 6.45) is 0.908. The number of hydrogen-bond donors (Lipinski definition) is 4. The first kappa shape index (κ1) is 21.7. The number of benzene rings is 2. The van der Waals surface area contributed by atoms with Crippen molar-refractivity contribution in [3.8, 4) is 17.2 Å². The van der Waals surface area contributed by atoms with Crippen LogP contribution in [0.25, 0.3) is 0 Å². The van der Waals surface area contributed by atoms with Gasteiger partial charge in [0.05, 0.1) is 0 Å². The Morgan fingerprint density at radius 3 is 2.73 bits per heavy atom. The number of fused-ring (bicyclic) bond motifs is 1. The van der Waals surface area contributed by atoms with Crippen molar-refractivity contribution in [1.82, 2.24) is 5.48 Å². The Balaban J connectivity index is 1.80. The van der Waals surface area contributed by atoms with Gasteiger partial charge in [-0.25, -0.2) is 10.3 Å². The van der Waals surface area contributed by atoms with Crippen molar-refractivity contribution < 1.29 is 34.1 Å². The molecule has 3 rings (SSSR count). The van der Waals surface area contributed by atoms with E-state index in [1.807, 2.05) is 0 Å². The average Bonchev–Trinajstić information content (AvgIpc) is 3.19. The van der Waals surface area contributed by atoms with E-state index >= 15 is 0 Å². The lowest BCUT2D eigenvalue weighted by molar-refractivity contribution is -0.124. The molecule has 0 aromatic heterocycles. The molecule has 0 bridgehead atoms. The molecule has 2 amide bonds. The highest BCUT2D eigenvalue weighted by molar-refractivity contribution is 14.1. The molecule has 1 aliphatic heterocycles. The summed E-state index contributed by atoms with van der Waals surface area (Å²) in [5.74, 6) is -0.197. The van der Waals surface area contributed by atoms with Gasteiger partial charge in [0.2, 0.25) is 6.79 Å². The van der Waals surface area contributed by atoms with Crippen LogP contribution in [0.1, 0.15) is 18.6 Å². The summed E-state index contributed by atoms with van der Waals surface area (Å²) in [6, 6.07) is 9.81. The molecule has 2 aromatic carbocycles. The van der Waals surface area contributed by atoms with E-state index in [1.165, 1.54) is 17.6 Å². The molecular formula is C20H19IN2O7. The number of halogens is 1. The summed E-state index contributed by atoms with van der Waals surface area (Å²) in [7, 11) is 0. The molecule has 9 nitrogen and oxygen atoms in total. The first-order chi connectivity index (χ1) is 14.4. The van der Waals surface area contributed by atoms with Gasteiger partial charge in [-0.05, 0) is 52.9 Å². The Hall–Kier alpha value is -2.99. The number of rotatable bonds is 6. The molecule has 4 N–H and O–H groups in total. The van der Waals surface area contributed by atoms with Gasteiger partial charge in [0.25, 0.3) is 5.91 Å². The smallest absolute Gasteiger partial charge is 0.412 e. The average molecular weight is 526 g/mol. The first-order valence-corrected chi connectivity index (χ1v) is 9.93. The standard InChI is InChI=1S/C20H19IN2O7/c1-11(2-7-18(25)23-27)19(14-8-12(21)3-5-15(14)24)30-20(26)22-13-4-6-16-17(9-13)29-10-28-16/h2-9,11,19,24,27H,10H2,1H3,(H,22,26)(H,23,25)/b7-2+/t11-,19+/m0/s1. The zero-order valence-electron chi connectivity index (χ0n) is 15.8. The molecule has 1 aliphatic rings. The Labute approximate surface area is 185 Å². The van der Waals surface area contributed by atoms with Crippen LogP contribution >= 0.6 is 22.6 Å². The quantitative estimate of drug-likeness (QED) is 0.196. The first-order valence-electron chi connectivity index (χ1n) is 8.85. The van der Waals surface area contributed by atoms with Gasteiger partial charge in [0, 0.05) is 32.9 Å². The van der Waals surface area contributed by atoms with Crippen LogP contribution in [-0.4, -0.2) is 29.1 Å². The number of nitrogens with one attached hydrogen (secondary N) is 2. The largest absolute Gasteiger partial charge is 0.508 e. The van der Waals surface area contributed by atoms with Crippen molar-refractivity contribution in [1.29, 1.82) is 0 Å². The van der Waals surface area contributed by atoms with Gasteiger partial charge in [-0.2, -0.15) is 0 Å². The van der Waals surface area contributed by atoms with E-state index in [4.69, 9.17) is 19.4 Å². The predicted octanol–water partition coefficient (Wildman–Crippen LogP) is 3.71. The highest BCUT2D eigenvalue weighted by Crippen LogP contribution is 2.36. The van der Waals surface area contributed by atoms with Gasteiger partial charge in [0.15, 0.2) is 11.5 Å². The topological polar surface area (TPSA) is 126 Å². The summed E-state index contributed by atoms with van der Waals surface area (Å²) < 4.78 is 16.9. The number of phenolic OH excluding ortho intramolecular Hbond substituents is 1. The van der Waals surface area contributed by atoms with Gasteiger partial charge < -0.3 is 19.3 Å². The van der Waals surface area contributed by atoms with E-state index in [2.05, 4.69) is 27.9 Å². The van der Waals surface area contributed by atoms with Gasteiger partial charge in [-0.15, -0.1) is 0 Å². The number of ether oxygens (including phenoxy) is 3. The molecule has 30 heavy (non-hydrogen) atoms. The fourth-order valence-electron chi connectivity index (χ4n) is 2.82. The Bertz CT molecular complexity index is 980. The molecule has 2 atom stereocenters. The van der Waals surface area contributed by atoms with E-state index in [9.17, 15) is 14.7 Å². The molecule has 10 heteroatoms. The molecule has 0 saturated heterocycles. The minimum absolute atomic E-state index is 0.0526. The fourth-order valence-corrected chi connectivity index (χ4v) is 3.34. The number of hydrogen-bond acceptors (Lipinski definition) is 7. The normalized spacial score (nSPS) is 14.2. The molecule has 158 valence electrons. The fraction of sp³-hybridized carbons (Fsp3) is 0.200. The van der Waals surface area contributed by atoms with Crippen LogP contribution in [0.4, 0.5) is 10.5 Å². The van der Waals surface area contributed by atoms with Crippen molar-refractivity contribution in [2.45, 2.75) is 13.0 Å². The lowest BCUT2D eigenvalue weighted by atomic mass is 9.96. The number of carbonyl (C=O) groups is 2. The zero-order chi connectivity index (χ0) is 21.7. The summed E-state index contributed by atoms with van der Waals surface area (Å²) in [6.45, 7) is 1.82. The number of anilines is 1. The lowest BCUT2D eigenvalue weighted by Gasteiger charge is -2.23. The van der Waals surface area contributed by atoms with Crippen LogP contribution in [0.2, 0.25) is 0 Å². The van der Waals surface area contributed by atoms with Gasteiger partial charge in [-0.1, -0.05) is 13.0 Å². The number of hydroxylamine groups is 1. The molecule has 2 aromatic rings. The van der Waals surface area contributed by atoms with Crippen molar-refractivity contribution in [3.63, 3.8) is 0 Å². The number of phenols is 1. The number of aromatic hydroxyl groups is 1. The highest BCUT2D eigenvalue weighted by Gasteiger charge is 2.26. The second-order valence-corrected chi connectivity index (χ2v) is 7.66. The van der Waals surface area contributed by atoms with Gasteiger partial charge in [-0.3, -0.25) is 15.3 Å². The van der Waals surface area contributed by atoms with E-state index in [1.54, 1.807) is 37.3 Å². The van der Waals surface area contributed by atoms with Crippen LogP contribution in [0, 0.1) is 9.49 Å². The molecule has 1 heterocycles. The number of amides is 2. The van der Waals surface area contributed by atoms with Crippen molar-refractivity contribution in [3.05, 3.63) is 57.7 Å². The van der Waals surface area contributed by atoms with Crippen LogP contribution < -0.4 is 20.3 Å². The molecule has 0 radical (unpaired) electrons. The van der Waals surface area contributed by atoms with Crippen molar-refractivity contribution in [2.24, 2.45) is 5.92 Å². The van der Waals surface area contributed by atoms with Crippen LogP contribution in [-0.2, 0) is 9.53 Å². The molecule has 0 saturated carbocycles. The number of carbonyl (C=O) groups excluding carboxylic acids is 2. The Morgan fingerprint density at radius 1 is 1.20 bits per heavy atom. The maximum atomic E-state index is 12.6. The van der Waals surface area contributed by atoms with Gasteiger partial charge in [0.1, 0.15) is 11.9 Å². The van der Waals surface area contributed by atoms with Crippen molar-refractivity contribution >= 4 is 40.3 Å². The molecule has 0 spiro atoms. The van der Waals surface area contributed by atoms with E-state index in [-0.39, 0.29) is 12.5 Å². The van der Waals surface area contributed by atoms with E-state index in [0.29, 0.717) is 22.7 Å². The van der Waals surface area contributed by atoms with Crippen LogP contribution in [0.3, 0.4) is 0 Å². The van der Waals surface area contributed by atoms with E-state index in [0.717, 1.165) is 9.65 Å². The van der Waals surface area contributed by atoms with Crippen molar-refractivity contribution in [2.75, 3.05) is 12.1 Å². The second-order valence-electron chi connectivity index (χ2n) is 6.42. The highest BCUT2D eigenvalue weighted by atomic mass is 127. The third kappa shape index (κ3) is 5.33. The Morgan fingerprint density at radius 2 is 1.97 bits per heavy atom. The lowest BCUT2D eigenvalue weighted by Crippen LogP contribution is -2.22. The maximum Gasteiger partial charge on any atom is 0.412 e. The summed E-state index contributed by atoms with van der Waals surface area (Å²) in [5, 5.41) is 21.6. The molecular weight excluding hydrogens is 507 g/mol. The van der Waals surface area contributed by atoms with Crippen LogP contribution in [0.5, 0.6) is 17.2 Å². The third-order valence-electron chi connectivity index (χ3n) is 4.29. The summed E-state index contributed by atoms with van der Waals surface area (Å²) in [5.41, 5.74) is 2.32. The summed E-state index contributed by atoms with van der Waals surface area (Å²) in [4.78, 5) is 23.9. The monoisotopic (exact) mass is 526 g/mol. The predicted molar refractivity (Wildman–Crippen MR) is 114 cm³/mol. The minimum atomic E-state index is -0.906. The third-order valence-corrected chi connectivity index (χ3v) is 4.96. The molecule has 0 aliphatic carbocycles. The van der Waals surface area contributed by atoms with Crippen LogP contribution in [0.15, 0.2) is 48.6 Å². The Kier molecular flexibility index (Phi) is 7.00. The summed E-state index contributed by atoms with van der Waals surface area (Å²) >= 11 is 2.08.